The average molecular weight is 1210 g/mol. The smallest absolute Gasteiger partial charge is 0.338 e. The Hall–Kier alpha value is -8.71. The fourth-order valence-corrected chi connectivity index (χ4v) is 10.8. The minimum Gasteiger partial charge on any atom is -0.463 e. The number of hydrogen-bond acceptors (Lipinski definition) is 21. The zero-order valence-electron chi connectivity index (χ0n) is 48.5. The number of ether oxygens (including phenoxy) is 12. The van der Waals surface area contributed by atoms with Gasteiger partial charge in [-0.05, 0) is 60.0 Å². The highest BCUT2D eigenvalue weighted by atomic mass is 16.8. The van der Waals surface area contributed by atoms with Gasteiger partial charge in [0.1, 0.15) is 42.7 Å². The van der Waals surface area contributed by atoms with Crippen LogP contribution in [-0.4, -0.2) is 157 Å². The van der Waals surface area contributed by atoms with Gasteiger partial charge in [-0.2, -0.15) is 0 Å². The number of hydrogen-bond donors (Lipinski definition) is 3. The monoisotopic (exact) mass is 1210 g/mol. The van der Waals surface area contributed by atoms with E-state index in [1.807, 2.05) is 91.0 Å². The van der Waals surface area contributed by atoms with E-state index in [4.69, 9.17) is 56.8 Å². The van der Waals surface area contributed by atoms with Crippen LogP contribution in [0.2, 0.25) is 0 Å². The molecule has 0 spiro atoms. The molecule has 22 nitrogen and oxygen atoms in total. The third-order valence-corrected chi connectivity index (χ3v) is 14.8. The number of aliphatic hydroxyl groups is 2. The second kappa shape index (κ2) is 29.3. The molecule has 3 fully saturated rings. The molecule has 0 aliphatic carbocycles. The summed E-state index contributed by atoms with van der Waals surface area (Å²) >= 11 is 0. The molecule has 6 aromatic carbocycles. The zero-order chi connectivity index (χ0) is 62.5. The van der Waals surface area contributed by atoms with Gasteiger partial charge in [-0.25, -0.2) is 14.4 Å². The van der Waals surface area contributed by atoms with Crippen molar-refractivity contribution in [2.75, 3.05) is 13.2 Å². The molecule has 3 saturated heterocycles. The maximum Gasteiger partial charge on any atom is 0.338 e. The molecule has 462 valence electrons. The number of amides is 1. The maximum absolute atomic E-state index is 14.4. The molecular weight excluding hydrogens is 1140 g/mol. The molecule has 3 aliphatic rings. The zero-order valence-corrected chi connectivity index (χ0v) is 48.5. The standard InChI is InChI=1S/C66H67NO21/c1-38-53(84-60(73)43-24-12-6-13-25-43)56(85-61(74)44-26-14-7-15-27-44)58(86-62(75)45-28-16-8-17-29-45)64(79-38)88-59-57(81-42(5)71)54(80-41(4)70)50(36-77-40(3)69)83-65(59)87-55-51(67-39(2)68)63(76)82-49(52(55)72)37-78-66(46-30-18-9-19-31-46,47-32-20-10-21-33-47)48-34-22-11-23-35-48/h6-35,38,49-59,63-65,72,76H,36-37H2,1-5H3,(H,67,68)/t38-,49?,50?,51?,52+,53?,54-,55?,56?,57?,58-,59?,63+,64?,65-/m0/s1. The molecule has 0 aromatic heterocycles. The van der Waals surface area contributed by atoms with E-state index in [1.54, 1.807) is 54.6 Å². The molecule has 9 rings (SSSR count). The molecule has 22 heteroatoms. The Morgan fingerprint density at radius 1 is 0.432 bits per heavy atom. The van der Waals surface area contributed by atoms with Crippen LogP contribution in [0, 0.1) is 0 Å². The summed E-state index contributed by atoms with van der Waals surface area (Å²) in [5.41, 5.74) is 0.785. The lowest BCUT2D eigenvalue weighted by Crippen LogP contribution is -2.69. The maximum atomic E-state index is 14.4. The molecule has 88 heavy (non-hydrogen) atoms. The molecule has 6 aromatic rings. The Bertz CT molecular complexity index is 3210. The summed E-state index contributed by atoms with van der Waals surface area (Å²) in [6, 6.07) is 49.4. The molecule has 9 unspecified atom stereocenters. The van der Waals surface area contributed by atoms with Crippen molar-refractivity contribution in [2.45, 2.75) is 132 Å². The molecule has 15 atom stereocenters. The quantitative estimate of drug-likeness (QED) is 0.0428. The van der Waals surface area contributed by atoms with E-state index < -0.39 is 153 Å². The highest BCUT2D eigenvalue weighted by Crippen LogP contribution is 2.42. The summed E-state index contributed by atoms with van der Waals surface area (Å²) < 4.78 is 75.7. The van der Waals surface area contributed by atoms with Gasteiger partial charge in [-0.1, -0.05) is 146 Å². The van der Waals surface area contributed by atoms with Crippen molar-refractivity contribution in [1.82, 2.24) is 5.32 Å². The number of carbonyl (C=O) groups excluding carboxylic acids is 7. The first-order valence-corrected chi connectivity index (χ1v) is 28.4. The van der Waals surface area contributed by atoms with Crippen LogP contribution in [0.4, 0.5) is 0 Å². The molecule has 0 saturated carbocycles. The van der Waals surface area contributed by atoms with Crippen molar-refractivity contribution < 1.29 is 101 Å². The minimum atomic E-state index is -2.06. The van der Waals surface area contributed by atoms with Gasteiger partial charge in [0.15, 0.2) is 55.5 Å². The summed E-state index contributed by atoms with van der Waals surface area (Å²) in [5, 5.41) is 27.4. The van der Waals surface area contributed by atoms with Crippen molar-refractivity contribution in [2.24, 2.45) is 0 Å². The Kier molecular flexibility index (Phi) is 21.3. The molecule has 0 radical (unpaired) electrons. The van der Waals surface area contributed by atoms with Gasteiger partial charge in [0.2, 0.25) is 5.91 Å². The number of esters is 6. The van der Waals surface area contributed by atoms with Crippen LogP contribution in [0.3, 0.4) is 0 Å². The largest absolute Gasteiger partial charge is 0.463 e. The number of rotatable bonds is 21. The van der Waals surface area contributed by atoms with Crippen LogP contribution in [-0.2, 0) is 81.6 Å². The highest BCUT2D eigenvalue weighted by Gasteiger charge is 2.59. The van der Waals surface area contributed by atoms with Gasteiger partial charge in [-0.15, -0.1) is 0 Å². The predicted molar refractivity (Wildman–Crippen MR) is 307 cm³/mol. The second-order valence-electron chi connectivity index (χ2n) is 21.0. The molecule has 3 heterocycles. The van der Waals surface area contributed by atoms with Gasteiger partial charge in [0.05, 0.1) is 29.4 Å². The normalized spacial score (nSPS) is 26.9. The van der Waals surface area contributed by atoms with E-state index in [0.717, 1.165) is 27.7 Å². The van der Waals surface area contributed by atoms with Crippen molar-refractivity contribution in [3.63, 3.8) is 0 Å². The van der Waals surface area contributed by atoms with E-state index in [1.165, 1.54) is 43.3 Å². The predicted octanol–water partition coefficient (Wildman–Crippen LogP) is 5.92. The molecule has 3 N–H and O–H groups in total. The van der Waals surface area contributed by atoms with Crippen LogP contribution in [0.15, 0.2) is 182 Å². The molecule has 3 aliphatic heterocycles. The van der Waals surface area contributed by atoms with E-state index >= 15 is 0 Å². The fraction of sp³-hybridized carbons (Fsp3) is 0.348. The average Bonchev–Trinajstić information content (AvgIpc) is 0.943. The molecular formula is C66H67NO21. The molecule has 1 amide bonds. The van der Waals surface area contributed by atoms with Crippen LogP contribution in [0.1, 0.15) is 82.4 Å². The third kappa shape index (κ3) is 15.2. The van der Waals surface area contributed by atoms with Crippen molar-refractivity contribution in [3.8, 4) is 0 Å². The van der Waals surface area contributed by atoms with E-state index in [2.05, 4.69) is 5.32 Å². The summed E-state index contributed by atoms with van der Waals surface area (Å²) in [7, 11) is 0. The Morgan fingerprint density at radius 3 is 1.27 bits per heavy atom. The van der Waals surface area contributed by atoms with Crippen molar-refractivity contribution in [1.29, 1.82) is 0 Å². The lowest BCUT2D eigenvalue weighted by atomic mass is 9.80. The SMILES string of the molecule is CC(=O)NC1C(O[C@@H]2OC(COC(C)=O)[C@H](OC(C)=O)C(OC(C)=O)C2OC2O[C@@H](C)C(OC(=O)c3ccccc3)C(OC(=O)c3ccccc3)[C@@H]2OC(=O)c2ccccc2)[C@H](O)C(COC(c2ccccc2)(c2ccccc2)c2ccccc2)O[C@H]1O. The minimum absolute atomic E-state index is 0.00257. The first-order valence-electron chi connectivity index (χ1n) is 28.4. The highest BCUT2D eigenvalue weighted by molar-refractivity contribution is 5.91. The lowest BCUT2D eigenvalue weighted by molar-refractivity contribution is -0.379. The summed E-state index contributed by atoms with van der Waals surface area (Å²) in [6.45, 7) is 4.59. The number of benzene rings is 6. The summed E-state index contributed by atoms with van der Waals surface area (Å²) in [4.78, 5) is 95.0. The van der Waals surface area contributed by atoms with Crippen LogP contribution < -0.4 is 5.32 Å². The van der Waals surface area contributed by atoms with E-state index in [9.17, 15) is 43.8 Å². The number of nitrogens with one attached hydrogen (secondary N) is 1. The third-order valence-electron chi connectivity index (χ3n) is 14.8. The Labute approximate surface area is 506 Å². The van der Waals surface area contributed by atoms with Crippen LogP contribution >= 0.6 is 0 Å². The second-order valence-corrected chi connectivity index (χ2v) is 21.0. The van der Waals surface area contributed by atoms with Gasteiger partial charge >= 0.3 is 35.8 Å². The van der Waals surface area contributed by atoms with Crippen molar-refractivity contribution >= 4 is 41.7 Å². The molecule has 0 bridgehead atoms. The van der Waals surface area contributed by atoms with Crippen LogP contribution in [0.5, 0.6) is 0 Å². The lowest BCUT2D eigenvalue weighted by Gasteiger charge is -2.50. The van der Waals surface area contributed by atoms with E-state index in [0.29, 0.717) is 16.7 Å². The Balaban J connectivity index is 1.15. The fourth-order valence-electron chi connectivity index (χ4n) is 10.8. The number of carbonyl (C=O) groups is 7. The summed E-state index contributed by atoms with van der Waals surface area (Å²) in [5.74, 6) is -6.35. The van der Waals surface area contributed by atoms with Crippen LogP contribution in [0.25, 0.3) is 0 Å². The Morgan fingerprint density at radius 2 is 0.830 bits per heavy atom. The van der Waals surface area contributed by atoms with Crippen molar-refractivity contribution in [3.05, 3.63) is 215 Å². The first kappa shape index (κ1) is 63.8. The number of aliphatic hydroxyl groups excluding tert-OH is 2. The van der Waals surface area contributed by atoms with Gasteiger partial charge in [-0.3, -0.25) is 19.2 Å². The van der Waals surface area contributed by atoms with Gasteiger partial charge in [0, 0.05) is 27.7 Å². The topological polar surface area (TPSA) is 283 Å². The summed E-state index contributed by atoms with van der Waals surface area (Å²) in [6.07, 6.45) is -25.1. The van der Waals surface area contributed by atoms with Gasteiger partial charge in [0.25, 0.3) is 0 Å². The first-order chi connectivity index (χ1) is 42.4. The van der Waals surface area contributed by atoms with Gasteiger partial charge < -0.3 is 72.4 Å². The van der Waals surface area contributed by atoms with E-state index in [-0.39, 0.29) is 16.7 Å².